The molecule has 2 aliphatic rings. The topological polar surface area (TPSA) is 70.6 Å². The van der Waals surface area contributed by atoms with E-state index in [9.17, 15) is 9.18 Å². The average Bonchev–Trinajstić information content (AvgIpc) is 2.94. The number of morpholine rings is 1. The van der Waals surface area contributed by atoms with E-state index in [4.69, 9.17) is 4.74 Å². The van der Waals surface area contributed by atoms with Crippen LogP contribution in [0, 0.1) is 0 Å². The lowest BCUT2D eigenvalue weighted by atomic mass is 10.2. The molecule has 2 fully saturated rings. The Kier molecular flexibility index (Phi) is 5.02. The Morgan fingerprint density at radius 3 is 3.13 bits per heavy atom. The number of alkyl halides is 1. The normalized spacial score (nSPS) is 28.8. The van der Waals surface area contributed by atoms with Gasteiger partial charge in [0.05, 0.1) is 19.2 Å². The highest BCUT2D eigenvalue weighted by Crippen LogP contribution is 2.24. The minimum atomic E-state index is -0.920. The number of carbonyl (C=O) groups is 1. The number of hydrogen-bond acceptors (Lipinski definition) is 6. The van der Waals surface area contributed by atoms with Crippen molar-refractivity contribution >= 4 is 11.7 Å². The van der Waals surface area contributed by atoms with E-state index in [0.29, 0.717) is 31.9 Å². The third kappa shape index (κ3) is 3.94. The largest absolute Gasteiger partial charge is 0.366 e. The fourth-order valence-electron chi connectivity index (χ4n) is 3.05. The highest BCUT2D eigenvalue weighted by atomic mass is 19.1. The Hall–Kier alpha value is -1.80. The van der Waals surface area contributed by atoms with E-state index < -0.39 is 12.3 Å². The first kappa shape index (κ1) is 16.1. The minimum absolute atomic E-state index is 0.119. The van der Waals surface area contributed by atoms with E-state index in [1.54, 1.807) is 18.3 Å². The number of carbonyl (C=O) groups excluding carboxylic acids is 1. The van der Waals surface area contributed by atoms with Crippen molar-refractivity contribution in [2.24, 2.45) is 0 Å². The predicted octanol–water partition coefficient (Wildman–Crippen LogP) is -0.160. The predicted molar refractivity (Wildman–Crippen MR) is 82.9 cm³/mol. The Morgan fingerprint density at radius 1 is 1.52 bits per heavy atom. The standard InChI is InChI=1S/C15H22FN5O2/c1-20-5-6-23-13(10-20)15(22)17-8-12-7-11(16)9-21(12)14-3-2-4-18-19-14/h2-4,11-13H,5-10H2,1H3,(H,17,22)/t11-,12-,13?/m0/s1. The Balaban J connectivity index is 1.57. The maximum Gasteiger partial charge on any atom is 0.250 e. The van der Waals surface area contributed by atoms with Gasteiger partial charge in [-0.25, -0.2) is 4.39 Å². The van der Waals surface area contributed by atoms with Crippen molar-refractivity contribution in [1.29, 1.82) is 0 Å². The van der Waals surface area contributed by atoms with Gasteiger partial charge in [0.25, 0.3) is 5.91 Å². The van der Waals surface area contributed by atoms with Crippen molar-refractivity contribution in [2.75, 3.05) is 44.7 Å². The molecular weight excluding hydrogens is 301 g/mol. The zero-order valence-corrected chi connectivity index (χ0v) is 13.2. The number of anilines is 1. The third-order valence-corrected chi connectivity index (χ3v) is 4.29. The van der Waals surface area contributed by atoms with Crippen LogP contribution in [0.1, 0.15) is 6.42 Å². The lowest BCUT2D eigenvalue weighted by Crippen LogP contribution is -2.50. The van der Waals surface area contributed by atoms with Gasteiger partial charge in [0.1, 0.15) is 12.3 Å². The van der Waals surface area contributed by atoms with Crippen LogP contribution in [0.4, 0.5) is 10.2 Å². The maximum atomic E-state index is 13.8. The monoisotopic (exact) mass is 323 g/mol. The number of rotatable bonds is 4. The van der Waals surface area contributed by atoms with Gasteiger partial charge >= 0.3 is 0 Å². The number of nitrogens with zero attached hydrogens (tertiary/aromatic N) is 4. The molecule has 8 heteroatoms. The van der Waals surface area contributed by atoms with Crippen molar-refractivity contribution in [2.45, 2.75) is 24.7 Å². The summed E-state index contributed by atoms with van der Waals surface area (Å²) in [7, 11) is 1.96. The van der Waals surface area contributed by atoms with Gasteiger partial charge in [-0.2, -0.15) is 5.10 Å². The summed E-state index contributed by atoms with van der Waals surface area (Å²) in [6, 6.07) is 3.46. The number of ether oxygens (including phenoxy) is 1. The molecule has 0 spiro atoms. The number of nitrogens with one attached hydrogen (secondary N) is 1. The molecule has 3 rings (SSSR count). The molecule has 0 aliphatic carbocycles. The van der Waals surface area contributed by atoms with E-state index in [-0.39, 0.29) is 18.5 Å². The Labute approximate surface area is 134 Å². The van der Waals surface area contributed by atoms with E-state index in [1.165, 1.54) is 0 Å². The Bertz CT molecular complexity index is 532. The minimum Gasteiger partial charge on any atom is -0.366 e. The molecule has 0 saturated carbocycles. The molecule has 2 aliphatic heterocycles. The lowest BCUT2D eigenvalue weighted by molar-refractivity contribution is -0.137. The van der Waals surface area contributed by atoms with Crippen molar-refractivity contribution in [1.82, 2.24) is 20.4 Å². The van der Waals surface area contributed by atoms with Crippen molar-refractivity contribution in [3.05, 3.63) is 18.3 Å². The quantitative estimate of drug-likeness (QED) is 0.830. The highest BCUT2D eigenvalue weighted by molar-refractivity contribution is 5.81. The zero-order chi connectivity index (χ0) is 16.2. The lowest BCUT2D eigenvalue weighted by Gasteiger charge is -2.30. The first-order valence-electron chi connectivity index (χ1n) is 7.90. The van der Waals surface area contributed by atoms with Crippen LogP contribution in [-0.2, 0) is 9.53 Å². The van der Waals surface area contributed by atoms with Crippen LogP contribution in [0.2, 0.25) is 0 Å². The van der Waals surface area contributed by atoms with Crippen LogP contribution < -0.4 is 10.2 Å². The van der Waals surface area contributed by atoms with Crippen LogP contribution in [-0.4, -0.2) is 79.2 Å². The summed E-state index contributed by atoms with van der Waals surface area (Å²) in [5.41, 5.74) is 0. The van der Waals surface area contributed by atoms with E-state index in [2.05, 4.69) is 20.4 Å². The van der Waals surface area contributed by atoms with Gasteiger partial charge < -0.3 is 19.9 Å². The fourth-order valence-corrected chi connectivity index (χ4v) is 3.05. The van der Waals surface area contributed by atoms with E-state index in [0.717, 1.165) is 6.54 Å². The zero-order valence-electron chi connectivity index (χ0n) is 13.2. The van der Waals surface area contributed by atoms with Gasteiger partial charge in [-0.05, 0) is 19.2 Å². The molecule has 126 valence electrons. The second-order valence-electron chi connectivity index (χ2n) is 6.09. The fraction of sp³-hybridized carbons (Fsp3) is 0.667. The number of likely N-dealkylation sites (N-methyl/N-ethyl adjacent to an activating group) is 1. The van der Waals surface area contributed by atoms with Gasteiger partial charge in [0, 0.05) is 32.3 Å². The van der Waals surface area contributed by atoms with Crippen LogP contribution in [0.15, 0.2) is 18.3 Å². The van der Waals surface area contributed by atoms with Gasteiger partial charge in [-0.1, -0.05) is 0 Å². The van der Waals surface area contributed by atoms with Gasteiger partial charge in [0.2, 0.25) is 0 Å². The van der Waals surface area contributed by atoms with Crippen molar-refractivity contribution in [3.8, 4) is 0 Å². The van der Waals surface area contributed by atoms with Crippen molar-refractivity contribution < 1.29 is 13.9 Å². The summed E-state index contributed by atoms with van der Waals surface area (Å²) in [4.78, 5) is 16.2. The van der Waals surface area contributed by atoms with Crippen LogP contribution >= 0.6 is 0 Å². The molecule has 1 aromatic heterocycles. The molecule has 1 N–H and O–H groups in total. The summed E-state index contributed by atoms with van der Waals surface area (Å²) < 4.78 is 19.3. The summed E-state index contributed by atoms with van der Waals surface area (Å²) in [6.45, 7) is 2.62. The second kappa shape index (κ2) is 7.18. The Morgan fingerprint density at radius 2 is 2.39 bits per heavy atom. The molecule has 3 heterocycles. The first-order chi connectivity index (χ1) is 11.1. The molecule has 2 saturated heterocycles. The van der Waals surface area contributed by atoms with Crippen LogP contribution in [0.25, 0.3) is 0 Å². The van der Waals surface area contributed by atoms with Crippen LogP contribution in [0.3, 0.4) is 0 Å². The summed E-state index contributed by atoms with van der Waals surface area (Å²) in [5.74, 6) is 0.499. The molecule has 0 bridgehead atoms. The highest BCUT2D eigenvalue weighted by Gasteiger charge is 2.34. The third-order valence-electron chi connectivity index (χ3n) is 4.29. The number of aromatic nitrogens is 2. The molecule has 7 nitrogen and oxygen atoms in total. The van der Waals surface area contributed by atoms with Gasteiger partial charge in [0.15, 0.2) is 5.82 Å². The second-order valence-corrected chi connectivity index (χ2v) is 6.09. The van der Waals surface area contributed by atoms with Crippen LogP contribution in [0.5, 0.6) is 0 Å². The summed E-state index contributed by atoms with van der Waals surface area (Å²) in [5, 5.41) is 10.8. The maximum absolute atomic E-state index is 13.8. The first-order valence-corrected chi connectivity index (χ1v) is 7.90. The van der Waals surface area contributed by atoms with Gasteiger partial charge in [-0.15, -0.1) is 5.10 Å². The van der Waals surface area contributed by atoms with E-state index >= 15 is 0 Å². The number of amides is 1. The average molecular weight is 323 g/mol. The number of hydrogen-bond donors (Lipinski definition) is 1. The number of halogens is 1. The molecule has 3 atom stereocenters. The summed E-state index contributed by atoms with van der Waals surface area (Å²) >= 11 is 0. The molecule has 1 unspecified atom stereocenters. The van der Waals surface area contributed by atoms with Gasteiger partial charge in [-0.3, -0.25) is 4.79 Å². The van der Waals surface area contributed by atoms with Crippen molar-refractivity contribution in [3.63, 3.8) is 0 Å². The summed E-state index contributed by atoms with van der Waals surface area (Å²) in [6.07, 6.45) is 0.583. The molecule has 1 aromatic rings. The SMILES string of the molecule is CN1CCOC(C(=O)NC[C@@H]2C[C@H](F)CN2c2cccnn2)C1. The molecular formula is C15H22FN5O2. The molecule has 1 amide bonds. The smallest absolute Gasteiger partial charge is 0.250 e. The van der Waals surface area contributed by atoms with E-state index in [1.807, 2.05) is 11.9 Å². The molecule has 0 radical (unpaired) electrons. The molecule has 0 aromatic carbocycles. The molecule has 23 heavy (non-hydrogen) atoms.